The van der Waals surface area contributed by atoms with Gasteiger partial charge in [0.05, 0.1) is 11.5 Å². The van der Waals surface area contributed by atoms with Crippen molar-refractivity contribution in [3.05, 3.63) is 48.1 Å². The molecule has 2 N–H and O–H groups in total. The molecule has 2 rings (SSSR count). The predicted molar refractivity (Wildman–Crippen MR) is 95.7 cm³/mol. The van der Waals surface area contributed by atoms with Crippen LogP contribution in [0.1, 0.15) is 39.5 Å². The summed E-state index contributed by atoms with van der Waals surface area (Å²) in [6.07, 6.45) is 7.44. The molecule has 25 heavy (non-hydrogen) atoms. The molecule has 0 bridgehead atoms. The third-order valence-corrected chi connectivity index (χ3v) is 4.85. The van der Waals surface area contributed by atoms with Crippen molar-refractivity contribution in [1.29, 1.82) is 0 Å². The SMILES string of the molecule is C=C1CCC2C(=CC=CC(C)(C)O)COC(=O)C2C(=C)CCC1OO. The Kier molecular flexibility index (Phi) is 6.38. The zero-order chi connectivity index (χ0) is 18.6. The lowest BCUT2D eigenvalue weighted by molar-refractivity contribution is -0.269. The topological polar surface area (TPSA) is 76.0 Å². The highest BCUT2D eigenvalue weighted by molar-refractivity contribution is 5.78. The van der Waals surface area contributed by atoms with Gasteiger partial charge in [-0.1, -0.05) is 37.0 Å². The first-order valence-corrected chi connectivity index (χ1v) is 8.66. The molecule has 1 aliphatic heterocycles. The number of hydrogen-bond donors (Lipinski definition) is 2. The molecule has 0 aromatic rings. The number of ether oxygens (including phenoxy) is 1. The van der Waals surface area contributed by atoms with E-state index in [9.17, 15) is 9.90 Å². The number of hydrogen-bond acceptors (Lipinski definition) is 5. The fraction of sp³-hybridized carbons (Fsp3) is 0.550. The molecule has 0 aromatic heterocycles. The first-order valence-electron chi connectivity index (χ1n) is 8.66. The first kappa shape index (κ1) is 19.6. The van der Waals surface area contributed by atoms with Crippen LogP contribution in [-0.4, -0.2) is 34.6 Å². The third kappa shape index (κ3) is 5.14. The molecule has 3 unspecified atom stereocenters. The van der Waals surface area contributed by atoms with E-state index < -0.39 is 11.7 Å². The predicted octanol–water partition coefficient (Wildman–Crippen LogP) is 3.57. The van der Waals surface area contributed by atoms with Crippen molar-refractivity contribution in [2.24, 2.45) is 11.8 Å². The first-order chi connectivity index (χ1) is 11.7. The van der Waals surface area contributed by atoms with Crippen molar-refractivity contribution in [2.75, 3.05) is 6.61 Å². The van der Waals surface area contributed by atoms with Gasteiger partial charge in [0, 0.05) is 5.92 Å². The van der Waals surface area contributed by atoms with Crippen LogP contribution in [0.2, 0.25) is 0 Å². The van der Waals surface area contributed by atoms with E-state index in [4.69, 9.17) is 9.99 Å². The van der Waals surface area contributed by atoms with Crippen LogP contribution in [0.3, 0.4) is 0 Å². The standard InChI is InChI=1S/C20H28O5/c1-13-7-9-16-15(6-5-11-20(3,4)22)12-24-19(21)18(16)14(2)8-10-17(13)25-23/h5-6,11,16-18,22-23H,1-2,7-10,12H2,3-4H3. The fourth-order valence-corrected chi connectivity index (χ4v) is 3.42. The summed E-state index contributed by atoms with van der Waals surface area (Å²) in [5.74, 6) is -0.650. The Morgan fingerprint density at radius 3 is 2.56 bits per heavy atom. The number of aliphatic hydroxyl groups is 1. The van der Waals surface area contributed by atoms with Crippen molar-refractivity contribution in [3.8, 4) is 0 Å². The normalized spacial score (nSPS) is 30.6. The van der Waals surface area contributed by atoms with Gasteiger partial charge in [-0.05, 0) is 50.7 Å². The van der Waals surface area contributed by atoms with Crippen molar-refractivity contribution >= 4 is 5.97 Å². The number of cyclic esters (lactones) is 1. The van der Waals surface area contributed by atoms with Crippen molar-refractivity contribution < 1.29 is 24.8 Å². The summed E-state index contributed by atoms with van der Waals surface area (Å²) >= 11 is 0. The zero-order valence-electron chi connectivity index (χ0n) is 15.0. The largest absolute Gasteiger partial charge is 0.461 e. The Balaban J connectivity index is 2.29. The van der Waals surface area contributed by atoms with Gasteiger partial charge in [-0.15, -0.1) is 0 Å². The Labute approximate surface area is 149 Å². The summed E-state index contributed by atoms with van der Waals surface area (Å²) in [5, 5.41) is 18.9. The van der Waals surface area contributed by atoms with Crippen LogP contribution >= 0.6 is 0 Å². The van der Waals surface area contributed by atoms with E-state index in [2.05, 4.69) is 18.0 Å². The number of rotatable bonds is 3. The number of esters is 1. The molecular weight excluding hydrogens is 320 g/mol. The Bertz CT molecular complexity index is 594. The summed E-state index contributed by atoms with van der Waals surface area (Å²) in [4.78, 5) is 16.9. The molecule has 5 heteroatoms. The third-order valence-electron chi connectivity index (χ3n) is 4.85. The minimum Gasteiger partial charge on any atom is -0.461 e. The summed E-state index contributed by atoms with van der Waals surface area (Å²) in [5.41, 5.74) is 1.72. The van der Waals surface area contributed by atoms with Crippen LogP contribution in [0.25, 0.3) is 0 Å². The molecule has 1 saturated heterocycles. The highest BCUT2D eigenvalue weighted by Crippen LogP contribution is 2.40. The number of fused-ring (bicyclic) bond motifs is 1. The molecule has 2 fully saturated rings. The van der Waals surface area contributed by atoms with Gasteiger partial charge in [0.2, 0.25) is 0 Å². The molecule has 5 nitrogen and oxygen atoms in total. The van der Waals surface area contributed by atoms with Crippen LogP contribution < -0.4 is 0 Å². The number of carbonyl (C=O) groups is 1. The number of allylic oxidation sites excluding steroid dienone is 2. The van der Waals surface area contributed by atoms with Crippen molar-refractivity contribution in [1.82, 2.24) is 0 Å². The van der Waals surface area contributed by atoms with Gasteiger partial charge in [-0.2, -0.15) is 0 Å². The Morgan fingerprint density at radius 2 is 1.92 bits per heavy atom. The maximum atomic E-state index is 12.4. The maximum Gasteiger partial charge on any atom is 0.313 e. The summed E-state index contributed by atoms with van der Waals surface area (Å²) in [6.45, 7) is 11.7. The molecular formula is C20H28O5. The molecule has 3 atom stereocenters. The van der Waals surface area contributed by atoms with E-state index in [-0.39, 0.29) is 24.4 Å². The second kappa shape index (κ2) is 8.13. The summed E-state index contributed by atoms with van der Waals surface area (Å²) in [7, 11) is 0. The molecule has 1 aliphatic carbocycles. The van der Waals surface area contributed by atoms with Gasteiger partial charge >= 0.3 is 5.97 Å². The van der Waals surface area contributed by atoms with Crippen LogP contribution in [-0.2, 0) is 14.4 Å². The second-order valence-corrected chi connectivity index (χ2v) is 7.43. The summed E-state index contributed by atoms with van der Waals surface area (Å²) < 4.78 is 5.36. The van der Waals surface area contributed by atoms with E-state index in [1.165, 1.54) is 0 Å². The molecule has 138 valence electrons. The van der Waals surface area contributed by atoms with E-state index in [0.29, 0.717) is 25.7 Å². The van der Waals surface area contributed by atoms with Crippen LogP contribution in [0, 0.1) is 11.8 Å². The van der Waals surface area contributed by atoms with Crippen LogP contribution in [0.5, 0.6) is 0 Å². The van der Waals surface area contributed by atoms with Gasteiger partial charge in [-0.3, -0.25) is 10.1 Å². The number of carbonyl (C=O) groups excluding carboxylic acids is 1. The molecule has 0 aromatic carbocycles. The van der Waals surface area contributed by atoms with Crippen LogP contribution in [0.4, 0.5) is 0 Å². The minimum absolute atomic E-state index is 0.0191. The zero-order valence-corrected chi connectivity index (χ0v) is 15.0. The minimum atomic E-state index is -0.899. The van der Waals surface area contributed by atoms with Gasteiger partial charge in [0.1, 0.15) is 12.7 Å². The lowest BCUT2D eigenvalue weighted by Crippen LogP contribution is -2.35. The van der Waals surface area contributed by atoms with Crippen LogP contribution in [0.15, 0.2) is 48.1 Å². The Morgan fingerprint density at radius 1 is 1.24 bits per heavy atom. The smallest absolute Gasteiger partial charge is 0.313 e. The fourth-order valence-electron chi connectivity index (χ4n) is 3.42. The van der Waals surface area contributed by atoms with E-state index in [1.54, 1.807) is 26.0 Å². The van der Waals surface area contributed by atoms with Gasteiger partial charge < -0.3 is 9.84 Å². The van der Waals surface area contributed by atoms with Gasteiger partial charge in [0.15, 0.2) is 0 Å². The van der Waals surface area contributed by atoms with Gasteiger partial charge in [0.25, 0.3) is 0 Å². The average Bonchev–Trinajstić information content (AvgIpc) is 2.58. The lowest BCUT2D eigenvalue weighted by atomic mass is 9.76. The summed E-state index contributed by atoms with van der Waals surface area (Å²) in [6, 6.07) is 0. The lowest BCUT2D eigenvalue weighted by Gasteiger charge is -2.33. The highest BCUT2D eigenvalue weighted by Gasteiger charge is 2.39. The average molecular weight is 348 g/mol. The molecule has 0 amide bonds. The molecule has 1 heterocycles. The monoisotopic (exact) mass is 348 g/mol. The molecule has 1 saturated carbocycles. The quantitative estimate of drug-likeness (QED) is 0.353. The van der Waals surface area contributed by atoms with E-state index >= 15 is 0 Å². The molecule has 0 radical (unpaired) electrons. The Hall–Kier alpha value is -1.69. The highest BCUT2D eigenvalue weighted by atomic mass is 17.1. The van der Waals surface area contributed by atoms with E-state index in [0.717, 1.165) is 16.7 Å². The van der Waals surface area contributed by atoms with Crippen molar-refractivity contribution in [2.45, 2.75) is 51.2 Å². The molecule has 2 aliphatic rings. The second-order valence-electron chi connectivity index (χ2n) is 7.43. The maximum absolute atomic E-state index is 12.4. The van der Waals surface area contributed by atoms with Crippen molar-refractivity contribution in [3.63, 3.8) is 0 Å². The van der Waals surface area contributed by atoms with E-state index in [1.807, 2.05) is 6.08 Å². The van der Waals surface area contributed by atoms with Gasteiger partial charge in [-0.25, -0.2) is 4.89 Å². The molecule has 0 spiro atoms.